The zero-order valence-electron chi connectivity index (χ0n) is 11.2. The van der Waals surface area contributed by atoms with Crippen molar-refractivity contribution in [1.82, 2.24) is 0 Å². The van der Waals surface area contributed by atoms with Crippen molar-refractivity contribution >= 4 is 0 Å². The number of rotatable bonds is 2. The first-order valence-electron chi connectivity index (χ1n) is 6.56. The van der Waals surface area contributed by atoms with Gasteiger partial charge in [0.15, 0.2) is 0 Å². The van der Waals surface area contributed by atoms with E-state index in [-0.39, 0.29) is 17.2 Å². The smallest absolute Gasteiger partial charge is 0.131 e. The van der Waals surface area contributed by atoms with Gasteiger partial charge in [-0.2, -0.15) is 0 Å². The molecule has 0 atom stereocenters. The molecule has 0 aliphatic heterocycles. The largest absolute Gasteiger partial charge is 0.508 e. The lowest BCUT2D eigenvalue weighted by Gasteiger charge is -2.10. The van der Waals surface area contributed by atoms with Gasteiger partial charge in [-0.25, -0.2) is 0 Å². The fourth-order valence-electron chi connectivity index (χ4n) is 2.29. The molecule has 3 aromatic rings. The van der Waals surface area contributed by atoms with Crippen LogP contribution in [0.2, 0.25) is 0 Å². The molecule has 3 aromatic carbocycles. The van der Waals surface area contributed by atoms with Gasteiger partial charge < -0.3 is 15.3 Å². The molecule has 3 N–H and O–H groups in total. The van der Waals surface area contributed by atoms with Crippen LogP contribution in [-0.2, 0) is 0 Å². The Balaban J connectivity index is 2.10. The van der Waals surface area contributed by atoms with Crippen LogP contribution < -0.4 is 0 Å². The number of hydrogen-bond acceptors (Lipinski definition) is 3. The van der Waals surface area contributed by atoms with E-state index in [4.69, 9.17) is 0 Å². The summed E-state index contributed by atoms with van der Waals surface area (Å²) in [4.78, 5) is 0. The fraction of sp³-hybridized carbons (Fsp3) is 0. The average molecular weight is 278 g/mol. The van der Waals surface area contributed by atoms with Crippen LogP contribution in [-0.4, -0.2) is 15.3 Å². The molecule has 0 saturated carbocycles. The summed E-state index contributed by atoms with van der Waals surface area (Å²) in [6.45, 7) is 0. The van der Waals surface area contributed by atoms with Crippen molar-refractivity contribution in [1.29, 1.82) is 0 Å². The van der Waals surface area contributed by atoms with Gasteiger partial charge in [-0.05, 0) is 35.4 Å². The molecule has 0 unspecified atom stereocenters. The second kappa shape index (κ2) is 5.21. The summed E-state index contributed by atoms with van der Waals surface area (Å²) >= 11 is 0. The first-order valence-corrected chi connectivity index (χ1v) is 6.56. The minimum Gasteiger partial charge on any atom is -0.508 e. The predicted molar refractivity (Wildman–Crippen MR) is 82.3 cm³/mol. The summed E-state index contributed by atoms with van der Waals surface area (Å²) in [7, 11) is 0. The Labute approximate surface area is 122 Å². The molecule has 0 bridgehead atoms. The van der Waals surface area contributed by atoms with Crippen molar-refractivity contribution < 1.29 is 15.3 Å². The Morgan fingerprint density at radius 3 is 1.24 bits per heavy atom. The molecule has 3 heteroatoms. The van der Waals surface area contributed by atoms with E-state index in [1.165, 1.54) is 0 Å². The molecule has 0 aliphatic carbocycles. The monoisotopic (exact) mass is 278 g/mol. The summed E-state index contributed by atoms with van der Waals surface area (Å²) in [6.07, 6.45) is 0. The maximum atomic E-state index is 10.5. The molecule has 0 aliphatic rings. The van der Waals surface area contributed by atoms with Gasteiger partial charge in [0, 0.05) is 11.1 Å². The lowest BCUT2D eigenvalue weighted by atomic mass is 9.97. The summed E-state index contributed by atoms with van der Waals surface area (Å²) in [5, 5.41) is 29.2. The van der Waals surface area contributed by atoms with E-state index in [2.05, 4.69) is 0 Å². The summed E-state index contributed by atoms with van der Waals surface area (Å²) < 4.78 is 0. The summed E-state index contributed by atoms with van der Waals surface area (Å²) in [5.74, 6) is 0.551. The van der Waals surface area contributed by atoms with E-state index in [0.29, 0.717) is 11.1 Å². The van der Waals surface area contributed by atoms with Crippen LogP contribution in [0.5, 0.6) is 17.2 Å². The molecular formula is C18H14O3. The van der Waals surface area contributed by atoms with E-state index in [1.54, 1.807) is 48.5 Å². The van der Waals surface area contributed by atoms with E-state index in [1.807, 2.05) is 18.2 Å². The average Bonchev–Trinajstić information content (AvgIpc) is 2.50. The molecule has 0 aromatic heterocycles. The number of phenolic OH excluding ortho intramolecular Hbond substituents is 3. The van der Waals surface area contributed by atoms with Crippen LogP contribution in [0, 0.1) is 0 Å². The highest BCUT2D eigenvalue weighted by Crippen LogP contribution is 2.38. The minimum atomic E-state index is 0.175. The highest BCUT2D eigenvalue weighted by atomic mass is 16.3. The van der Waals surface area contributed by atoms with Gasteiger partial charge in [0.25, 0.3) is 0 Å². The third-order valence-electron chi connectivity index (χ3n) is 3.39. The second-order valence-corrected chi connectivity index (χ2v) is 4.80. The van der Waals surface area contributed by atoms with E-state index in [9.17, 15) is 15.3 Å². The molecule has 0 fully saturated rings. The Kier molecular flexibility index (Phi) is 3.24. The van der Waals surface area contributed by atoms with Crippen molar-refractivity contribution in [3.8, 4) is 39.5 Å². The Morgan fingerprint density at radius 2 is 0.857 bits per heavy atom. The standard InChI is InChI=1S/C18H14O3/c19-14-8-4-12(5-9-14)16-2-1-3-17(18(16)21)13-6-10-15(20)11-7-13/h1-11,19-21H. The summed E-state index contributed by atoms with van der Waals surface area (Å²) in [6, 6.07) is 18.9. The van der Waals surface area contributed by atoms with Crippen LogP contribution in [0.4, 0.5) is 0 Å². The van der Waals surface area contributed by atoms with Crippen LogP contribution >= 0.6 is 0 Å². The van der Waals surface area contributed by atoms with Gasteiger partial charge in [0.05, 0.1) is 0 Å². The number of phenols is 3. The van der Waals surface area contributed by atoms with E-state index < -0.39 is 0 Å². The number of benzene rings is 3. The highest BCUT2D eigenvalue weighted by molar-refractivity contribution is 5.82. The molecule has 3 rings (SSSR count). The SMILES string of the molecule is Oc1ccc(-c2cccc(-c3ccc(O)cc3)c2O)cc1. The molecule has 0 saturated heterocycles. The predicted octanol–water partition coefficient (Wildman–Crippen LogP) is 4.14. The first kappa shape index (κ1) is 13.1. The van der Waals surface area contributed by atoms with Gasteiger partial charge in [0.1, 0.15) is 17.2 Å². The van der Waals surface area contributed by atoms with E-state index in [0.717, 1.165) is 11.1 Å². The lowest BCUT2D eigenvalue weighted by molar-refractivity contribution is 0.474. The van der Waals surface area contributed by atoms with Crippen molar-refractivity contribution in [3.05, 3.63) is 66.7 Å². The van der Waals surface area contributed by atoms with E-state index >= 15 is 0 Å². The maximum absolute atomic E-state index is 10.5. The van der Waals surface area contributed by atoms with Crippen molar-refractivity contribution in [3.63, 3.8) is 0 Å². The zero-order chi connectivity index (χ0) is 14.8. The van der Waals surface area contributed by atoms with Gasteiger partial charge in [-0.3, -0.25) is 0 Å². The third kappa shape index (κ3) is 2.54. The molecule has 104 valence electrons. The quantitative estimate of drug-likeness (QED) is 0.660. The summed E-state index contributed by atoms with van der Waals surface area (Å²) in [5.41, 5.74) is 3.04. The van der Waals surface area contributed by atoms with Gasteiger partial charge in [-0.15, -0.1) is 0 Å². The minimum absolute atomic E-state index is 0.175. The van der Waals surface area contributed by atoms with Gasteiger partial charge >= 0.3 is 0 Å². The Morgan fingerprint density at radius 1 is 0.476 bits per heavy atom. The maximum Gasteiger partial charge on any atom is 0.131 e. The number of hydrogen-bond donors (Lipinski definition) is 3. The number of para-hydroxylation sites is 1. The molecular weight excluding hydrogens is 264 g/mol. The Bertz CT molecular complexity index is 696. The van der Waals surface area contributed by atoms with Crippen LogP contribution in [0.3, 0.4) is 0 Å². The van der Waals surface area contributed by atoms with Gasteiger partial charge in [-0.1, -0.05) is 42.5 Å². The molecule has 3 nitrogen and oxygen atoms in total. The fourth-order valence-corrected chi connectivity index (χ4v) is 2.29. The normalized spacial score (nSPS) is 10.5. The lowest BCUT2D eigenvalue weighted by Crippen LogP contribution is -1.84. The van der Waals surface area contributed by atoms with Crippen LogP contribution in [0.25, 0.3) is 22.3 Å². The van der Waals surface area contributed by atoms with Crippen molar-refractivity contribution in [2.45, 2.75) is 0 Å². The molecule has 0 heterocycles. The molecule has 0 radical (unpaired) electrons. The Hall–Kier alpha value is -2.94. The molecule has 0 spiro atoms. The van der Waals surface area contributed by atoms with Gasteiger partial charge in [0.2, 0.25) is 0 Å². The van der Waals surface area contributed by atoms with Crippen LogP contribution in [0.15, 0.2) is 66.7 Å². The van der Waals surface area contributed by atoms with Crippen molar-refractivity contribution in [2.75, 3.05) is 0 Å². The third-order valence-corrected chi connectivity index (χ3v) is 3.39. The van der Waals surface area contributed by atoms with Crippen molar-refractivity contribution in [2.24, 2.45) is 0 Å². The zero-order valence-corrected chi connectivity index (χ0v) is 11.2. The molecule has 21 heavy (non-hydrogen) atoms. The highest BCUT2D eigenvalue weighted by Gasteiger charge is 2.10. The number of aromatic hydroxyl groups is 3. The van der Waals surface area contributed by atoms with Crippen LogP contribution in [0.1, 0.15) is 0 Å². The molecule has 0 amide bonds. The topological polar surface area (TPSA) is 60.7 Å². The second-order valence-electron chi connectivity index (χ2n) is 4.80. The first-order chi connectivity index (χ1) is 10.1.